The molecule has 29 heavy (non-hydrogen) atoms. The second-order valence-corrected chi connectivity index (χ2v) is 8.08. The zero-order chi connectivity index (χ0) is 20.2. The highest BCUT2D eigenvalue weighted by molar-refractivity contribution is 5.81. The summed E-state index contributed by atoms with van der Waals surface area (Å²) in [4.78, 5) is 25.3. The van der Waals surface area contributed by atoms with Crippen LogP contribution in [0.4, 0.5) is 11.6 Å². The van der Waals surface area contributed by atoms with Gasteiger partial charge in [0, 0.05) is 57.7 Å². The van der Waals surface area contributed by atoms with Gasteiger partial charge in [0.25, 0.3) is 0 Å². The lowest BCUT2D eigenvalue weighted by Gasteiger charge is -2.37. The molecule has 2 aromatic heterocycles. The van der Waals surface area contributed by atoms with Crippen molar-refractivity contribution in [1.29, 1.82) is 0 Å². The summed E-state index contributed by atoms with van der Waals surface area (Å²) >= 11 is 0. The Hall–Kier alpha value is -2.36. The first-order valence-electron chi connectivity index (χ1n) is 10.4. The molecule has 2 saturated heterocycles. The van der Waals surface area contributed by atoms with E-state index in [9.17, 15) is 0 Å². The molecule has 0 bridgehead atoms. The van der Waals surface area contributed by atoms with Gasteiger partial charge in [-0.1, -0.05) is 0 Å². The number of hydrogen-bond acceptors (Lipinski definition) is 9. The molecule has 0 atom stereocenters. The highest BCUT2D eigenvalue weighted by atomic mass is 15.5. The number of hydrogen-bond donors (Lipinski definition) is 1. The number of nitrogens with zero attached hydrogens (tertiary/aromatic N) is 8. The first-order chi connectivity index (χ1) is 14.1. The minimum absolute atomic E-state index is 0.618. The molecule has 156 valence electrons. The molecule has 0 unspecified atom stereocenters. The number of aromatic nitrogens is 4. The van der Waals surface area contributed by atoms with Crippen LogP contribution in [0, 0.1) is 0 Å². The predicted molar refractivity (Wildman–Crippen MR) is 115 cm³/mol. The van der Waals surface area contributed by atoms with Gasteiger partial charge in [0.15, 0.2) is 11.6 Å². The quantitative estimate of drug-likeness (QED) is 0.796. The van der Waals surface area contributed by atoms with Crippen LogP contribution in [0.2, 0.25) is 0 Å². The van der Waals surface area contributed by atoms with Crippen molar-refractivity contribution >= 4 is 11.6 Å². The standard InChI is InChI=1S/C20H31N9/c1-26(2)16-5-9-28(10-6-16)20-17(18-21-7-4-8-22-18)19(23-15-24-20)25-29-13-11-27(3)12-14-29/h4,7-8,15-16H,5-6,9-14H2,1-3H3,(H,23,24,25). The van der Waals surface area contributed by atoms with Crippen LogP contribution < -0.4 is 10.3 Å². The molecule has 1 N–H and O–H groups in total. The number of nitrogens with one attached hydrogen (secondary N) is 1. The second-order valence-electron chi connectivity index (χ2n) is 8.08. The molecule has 9 heteroatoms. The Morgan fingerprint density at radius 2 is 1.62 bits per heavy atom. The van der Waals surface area contributed by atoms with Gasteiger partial charge in [0.2, 0.25) is 0 Å². The smallest absolute Gasteiger partial charge is 0.166 e. The fraction of sp³-hybridized carbons (Fsp3) is 0.600. The summed E-state index contributed by atoms with van der Waals surface area (Å²) in [5, 5.41) is 2.22. The summed E-state index contributed by atoms with van der Waals surface area (Å²) in [5.74, 6) is 2.36. The summed E-state index contributed by atoms with van der Waals surface area (Å²) in [6.07, 6.45) is 7.44. The summed E-state index contributed by atoms with van der Waals surface area (Å²) in [7, 11) is 6.47. The van der Waals surface area contributed by atoms with Crippen molar-refractivity contribution in [2.75, 3.05) is 70.7 Å². The normalized spacial score (nSPS) is 19.7. The van der Waals surface area contributed by atoms with Crippen LogP contribution in [0.3, 0.4) is 0 Å². The van der Waals surface area contributed by atoms with Gasteiger partial charge < -0.3 is 20.1 Å². The molecule has 0 radical (unpaired) electrons. The highest BCUT2D eigenvalue weighted by Crippen LogP contribution is 2.34. The van der Waals surface area contributed by atoms with E-state index in [-0.39, 0.29) is 0 Å². The third-order valence-corrected chi connectivity index (χ3v) is 5.88. The minimum atomic E-state index is 0.618. The number of piperidine rings is 1. The van der Waals surface area contributed by atoms with E-state index in [1.165, 1.54) is 0 Å². The van der Waals surface area contributed by atoms with Crippen LogP contribution in [-0.2, 0) is 0 Å². The molecule has 0 aliphatic carbocycles. The van der Waals surface area contributed by atoms with E-state index in [0.29, 0.717) is 11.9 Å². The van der Waals surface area contributed by atoms with E-state index in [4.69, 9.17) is 0 Å². The topological polar surface area (TPSA) is 76.6 Å². The number of piperazine rings is 1. The van der Waals surface area contributed by atoms with E-state index in [1.807, 2.05) is 6.07 Å². The van der Waals surface area contributed by atoms with E-state index >= 15 is 0 Å². The van der Waals surface area contributed by atoms with Gasteiger partial charge in [-0.25, -0.2) is 24.9 Å². The Balaban J connectivity index is 1.63. The average Bonchev–Trinajstić information content (AvgIpc) is 2.76. The zero-order valence-electron chi connectivity index (χ0n) is 17.6. The molecule has 0 amide bonds. The van der Waals surface area contributed by atoms with Crippen LogP contribution in [-0.4, -0.2) is 101 Å². The molecular weight excluding hydrogens is 366 g/mol. The Morgan fingerprint density at radius 3 is 2.28 bits per heavy atom. The molecule has 9 nitrogen and oxygen atoms in total. The maximum atomic E-state index is 4.67. The number of rotatable bonds is 5. The van der Waals surface area contributed by atoms with Crippen LogP contribution in [0.1, 0.15) is 12.8 Å². The van der Waals surface area contributed by atoms with Gasteiger partial charge >= 0.3 is 0 Å². The summed E-state index contributed by atoms with van der Waals surface area (Å²) in [5.41, 5.74) is 4.40. The van der Waals surface area contributed by atoms with Gasteiger partial charge in [-0.15, -0.1) is 0 Å². The molecule has 4 heterocycles. The first-order valence-corrected chi connectivity index (χ1v) is 10.4. The van der Waals surface area contributed by atoms with Crippen LogP contribution in [0.25, 0.3) is 11.4 Å². The van der Waals surface area contributed by atoms with E-state index in [0.717, 1.165) is 69.3 Å². The zero-order valence-corrected chi connectivity index (χ0v) is 17.6. The molecule has 2 fully saturated rings. The van der Waals surface area contributed by atoms with Crippen molar-refractivity contribution in [3.63, 3.8) is 0 Å². The van der Waals surface area contributed by atoms with Crippen molar-refractivity contribution in [2.45, 2.75) is 18.9 Å². The summed E-state index contributed by atoms with van der Waals surface area (Å²) < 4.78 is 0. The lowest BCUT2D eigenvalue weighted by Crippen LogP contribution is -2.47. The van der Waals surface area contributed by atoms with Gasteiger partial charge in [0.1, 0.15) is 17.7 Å². The molecule has 4 rings (SSSR count). The van der Waals surface area contributed by atoms with Gasteiger partial charge in [-0.3, -0.25) is 0 Å². The third-order valence-electron chi connectivity index (χ3n) is 5.88. The van der Waals surface area contributed by atoms with Gasteiger partial charge in [-0.2, -0.15) is 0 Å². The average molecular weight is 398 g/mol. The van der Waals surface area contributed by atoms with Crippen molar-refractivity contribution < 1.29 is 0 Å². The van der Waals surface area contributed by atoms with Crippen molar-refractivity contribution in [3.8, 4) is 11.4 Å². The molecule has 0 spiro atoms. The fourth-order valence-electron chi connectivity index (χ4n) is 4.00. The second kappa shape index (κ2) is 8.98. The van der Waals surface area contributed by atoms with E-state index < -0.39 is 0 Å². The number of likely N-dealkylation sites (N-methyl/N-ethyl adjacent to an activating group) is 1. The SMILES string of the molecule is CN1CCN(Nc2ncnc(N3CCC(N(C)C)CC3)c2-c2ncccn2)CC1. The Labute approximate surface area is 172 Å². The van der Waals surface area contributed by atoms with Crippen molar-refractivity contribution in [2.24, 2.45) is 0 Å². The van der Waals surface area contributed by atoms with Crippen molar-refractivity contribution in [1.82, 2.24) is 34.7 Å². The maximum absolute atomic E-state index is 4.67. The first kappa shape index (κ1) is 19.9. The van der Waals surface area contributed by atoms with Crippen molar-refractivity contribution in [3.05, 3.63) is 24.8 Å². The maximum Gasteiger partial charge on any atom is 0.166 e. The molecule has 2 aliphatic rings. The highest BCUT2D eigenvalue weighted by Gasteiger charge is 2.27. The molecule has 2 aliphatic heterocycles. The molecule has 0 aromatic carbocycles. The fourth-order valence-corrected chi connectivity index (χ4v) is 4.00. The molecule has 2 aromatic rings. The van der Waals surface area contributed by atoms with E-state index in [2.05, 4.69) is 66.2 Å². The summed E-state index contributed by atoms with van der Waals surface area (Å²) in [6.45, 7) is 5.87. The summed E-state index contributed by atoms with van der Waals surface area (Å²) in [6, 6.07) is 2.45. The van der Waals surface area contributed by atoms with Gasteiger partial charge in [0.05, 0.1) is 0 Å². The Morgan fingerprint density at radius 1 is 0.931 bits per heavy atom. The van der Waals surface area contributed by atoms with Crippen LogP contribution in [0.15, 0.2) is 24.8 Å². The number of anilines is 2. The predicted octanol–water partition coefficient (Wildman–Crippen LogP) is 1.04. The Kier molecular flexibility index (Phi) is 6.17. The lowest BCUT2D eigenvalue weighted by atomic mass is 10.0. The molecular formula is C20H31N9. The lowest BCUT2D eigenvalue weighted by molar-refractivity contribution is 0.178. The van der Waals surface area contributed by atoms with E-state index in [1.54, 1.807) is 18.7 Å². The third kappa shape index (κ3) is 4.63. The molecule has 0 saturated carbocycles. The number of hydrazine groups is 1. The Bertz CT molecular complexity index is 782. The minimum Gasteiger partial charge on any atom is -0.356 e. The van der Waals surface area contributed by atoms with Gasteiger partial charge in [-0.05, 0) is 40.1 Å². The van der Waals surface area contributed by atoms with Crippen LogP contribution in [0.5, 0.6) is 0 Å². The largest absolute Gasteiger partial charge is 0.356 e. The van der Waals surface area contributed by atoms with Crippen LogP contribution >= 0.6 is 0 Å². The monoisotopic (exact) mass is 397 g/mol.